The third-order valence-corrected chi connectivity index (χ3v) is 3.39. The van der Waals surface area contributed by atoms with E-state index in [0.717, 1.165) is 23.4 Å². The van der Waals surface area contributed by atoms with Crippen LogP contribution in [-0.4, -0.2) is 12.5 Å². The van der Waals surface area contributed by atoms with Crippen LogP contribution in [-0.2, 0) is 0 Å². The number of hydrogen-bond donors (Lipinski definition) is 1. The molecule has 0 saturated carbocycles. The highest BCUT2D eigenvalue weighted by Crippen LogP contribution is 2.17. The Hall–Kier alpha value is -2.29. The molecular formula is C19H23NO2. The molecule has 0 fully saturated rings. The zero-order valence-electron chi connectivity index (χ0n) is 13.4. The fourth-order valence-electron chi connectivity index (χ4n) is 1.96. The van der Waals surface area contributed by atoms with E-state index in [2.05, 4.69) is 19.2 Å². The van der Waals surface area contributed by atoms with E-state index in [1.54, 1.807) is 0 Å². The average molecular weight is 297 g/mol. The zero-order valence-corrected chi connectivity index (χ0v) is 13.4. The predicted molar refractivity (Wildman–Crippen MR) is 90.5 cm³/mol. The van der Waals surface area contributed by atoms with Crippen molar-refractivity contribution in [1.82, 2.24) is 0 Å². The molecule has 3 nitrogen and oxygen atoms in total. The molecule has 1 amide bonds. The van der Waals surface area contributed by atoms with Crippen molar-refractivity contribution in [2.24, 2.45) is 5.92 Å². The third kappa shape index (κ3) is 4.92. The lowest BCUT2D eigenvalue weighted by Gasteiger charge is -2.09. The lowest BCUT2D eigenvalue weighted by Crippen LogP contribution is -2.11. The summed E-state index contributed by atoms with van der Waals surface area (Å²) in [5, 5.41) is 2.88. The van der Waals surface area contributed by atoms with Gasteiger partial charge in [0.1, 0.15) is 5.75 Å². The number of carbonyl (C=O) groups excluding carboxylic acids is 1. The molecule has 0 aliphatic carbocycles. The van der Waals surface area contributed by atoms with Crippen molar-refractivity contribution in [2.45, 2.75) is 27.2 Å². The number of ether oxygens (including phenoxy) is 1. The number of rotatable bonds is 6. The molecule has 116 valence electrons. The summed E-state index contributed by atoms with van der Waals surface area (Å²) in [7, 11) is 0. The van der Waals surface area contributed by atoms with Gasteiger partial charge in [-0.25, -0.2) is 0 Å². The number of anilines is 1. The quantitative estimate of drug-likeness (QED) is 0.841. The molecule has 0 saturated heterocycles. The summed E-state index contributed by atoms with van der Waals surface area (Å²) in [4.78, 5) is 12.1. The number of aryl methyl sites for hydroxylation is 1. The van der Waals surface area contributed by atoms with Gasteiger partial charge in [0.2, 0.25) is 0 Å². The molecule has 0 bridgehead atoms. The zero-order chi connectivity index (χ0) is 15.9. The minimum Gasteiger partial charge on any atom is -0.494 e. The minimum atomic E-state index is -0.103. The van der Waals surface area contributed by atoms with Crippen LogP contribution in [0.5, 0.6) is 5.75 Å². The van der Waals surface area contributed by atoms with Gasteiger partial charge in [0.15, 0.2) is 0 Å². The predicted octanol–water partition coefficient (Wildman–Crippen LogP) is 4.67. The van der Waals surface area contributed by atoms with Crippen LogP contribution in [0.25, 0.3) is 0 Å². The van der Waals surface area contributed by atoms with Gasteiger partial charge in [-0.2, -0.15) is 0 Å². The summed E-state index contributed by atoms with van der Waals surface area (Å²) in [6.07, 6.45) is 1.03. The van der Waals surface area contributed by atoms with Gasteiger partial charge in [-0.3, -0.25) is 4.79 Å². The molecule has 0 heterocycles. The van der Waals surface area contributed by atoms with Crippen molar-refractivity contribution in [2.75, 3.05) is 11.9 Å². The second-order valence-electron chi connectivity index (χ2n) is 5.88. The van der Waals surface area contributed by atoms with Crippen molar-refractivity contribution in [1.29, 1.82) is 0 Å². The number of amides is 1. The van der Waals surface area contributed by atoms with E-state index in [9.17, 15) is 4.79 Å². The first kappa shape index (κ1) is 16.1. The van der Waals surface area contributed by atoms with Crippen molar-refractivity contribution in [3.05, 3.63) is 59.7 Å². The van der Waals surface area contributed by atoms with Gasteiger partial charge < -0.3 is 10.1 Å². The van der Waals surface area contributed by atoms with E-state index < -0.39 is 0 Å². The molecule has 22 heavy (non-hydrogen) atoms. The number of benzene rings is 2. The highest BCUT2D eigenvalue weighted by Gasteiger charge is 2.05. The standard InChI is InChI=1S/C19H23NO2/c1-14(2)12-13-22-18-10-8-17(9-11-18)20-19(21)16-6-4-15(3)5-7-16/h4-11,14H,12-13H2,1-3H3,(H,20,21). The molecule has 0 unspecified atom stereocenters. The third-order valence-electron chi connectivity index (χ3n) is 3.39. The molecule has 1 N–H and O–H groups in total. The van der Waals surface area contributed by atoms with Crippen LogP contribution in [0.2, 0.25) is 0 Å². The molecule has 2 aromatic carbocycles. The molecule has 2 aromatic rings. The van der Waals surface area contributed by atoms with Gasteiger partial charge in [0.05, 0.1) is 6.61 Å². The van der Waals surface area contributed by atoms with Crippen LogP contribution in [0.3, 0.4) is 0 Å². The van der Waals surface area contributed by atoms with Gasteiger partial charge in [-0.1, -0.05) is 31.5 Å². The second-order valence-corrected chi connectivity index (χ2v) is 5.88. The fraction of sp³-hybridized carbons (Fsp3) is 0.316. The number of nitrogens with one attached hydrogen (secondary N) is 1. The van der Waals surface area contributed by atoms with Gasteiger partial charge in [-0.05, 0) is 55.7 Å². The summed E-state index contributed by atoms with van der Waals surface area (Å²) in [5.41, 5.74) is 2.56. The largest absolute Gasteiger partial charge is 0.494 e. The number of hydrogen-bond acceptors (Lipinski definition) is 2. The summed E-state index contributed by atoms with van der Waals surface area (Å²) >= 11 is 0. The molecule has 0 aliphatic heterocycles. The normalized spacial score (nSPS) is 10.5. The summed E-state index contributed by atoms with van der Waals surface area (Å²) in [6, 6.07) is 15.0. The Morgan fingerprint density at radius 3 is 2.27 bits per heavy atom. The molecule has 0 aromatic heterocycles. The maximum absolute atomic E-state index is 12.1. The minimum absolute atomic E-state index is 0.103. The Bertz CT molecular complexity index is 600. The first-order valence-electron chi connectivity index (χ1n) is 7.65. The Morgan fingerprint density at radius 1 is 1.05 bits per heavy atom. The maximum Gasteiger partial charge on any atom is 0.255 e. The van der Waals surface area contributed by atoms with Crippen LogP contribution in [0.4, 0.5) is 5.69 Å². The summed E-state index contributed by atoms with van der Waals surface area (Å²) < 4.78 is 5.66. The van der Waals surface area contributed by atoms with Crippen molar-refractivity contribution < 1.29 is 9.53 Å². The summed E-state index contributed by atoms with van der Waals surface area (Å²) in [6.45, 7) is 7.06. The van der Waals surface area contributed by atoms with Gasteiger partial charge in [0, 0.05) is 11.3 Å². The maximum atomic E-state index is 12.1. The second kappa shape index (κ2) is 7.64. The molecule has 2 rings (SSSR count). The lowest BCUT2D eigenvalue weighted by atomic mass is 10.1. The smallest absolute Gasteiger partial charge is 0.255 e. The Kier molecular flexibility index (Phi) is 5.59. The molecule has 3 heteroatoms. The molecule has 0 radical (unpaired) electrons. The Labute approximate surface area is 132 Å². The lowest BCUT2D eigenvalue weighted by molar-refractivity contribution is 0.102. The van der Waals surface area contributed by atoms with Crippen LogP contribution < -0.4 is 10.1 Å². The fourth-order valence-corrected chi connectivity index (χ4v) is 1.96. The van der Waals surface area contributed by atoms with E-state index in [4.69, 9.17) is 4.74 Å². The van der Waals surface area contributed by atoms with Gasteiger partial charge in [-0.15, -0.1) is 0 Å². The molecule has 0 aliphatic rings. The Balaban J connectivity index is 1.90. The van der Waals surface area contributed by atoms with E-state index in [1.165, 1.54) is 0 Å². The highest BCUT2D eigenvalue weighted by molar-refractivity contribution is 6.04. The van der Waals surface area contributed by atoms with E-state index >= 15 is 0 Å². The van der Waals surface area contributed by atoms with Crippen LogP contribution in [0, 0.1) is 12.8 Å². The highest BCUT2D eigenvalue weighted by atomic mass is 16.5. The monoisotopic (exact) mass is 297 g/mol. The Morgan fingerprint density at radius 2 is 1.68 bits per heavy atom. The number of carbonyl (C=O) groups is 1. The van der Waals surface area contributed by atoms with Crippen LogP contribution in [0.15, 0.2) is 48.5 Å². The first-order chi connectivity index (χ1) is 10.5. The van der Waals surface area contributed by atoms with E-state index in [-0.39, 0.29) is 5.91 Å². The molecule has 0 spiro atoms. The van der Waals surface area contributed by atoms with Gasteiger partial charge in [0.25, 0.3) is 5.91 Å². The topological polar surface area (TPSA) is 38.3 Å². The SMILES string of the molecule is Cc1ccc(C(=O)Nc2ccc(OCCC(C)C)cc2)cc1. The van der Waals surface area contributed by atoms with Crippen LogP contribution >= 0.6 is 0 Å². The average Bonchev–Trinajstić information content (AvgIpc) is 2.49. The van der Waals surface area contributed by atoms with Gasteiger partial charge >= 0.3 is 0 Å². The first-order valence-corrected chi connectivity index (χ1v) is 7.65. The van der Waals surface area contributed by atoms with E-state index in [0.29, 0.717) is 18.1 Å². The van der Waals surface area contributed by atoms with Crippen molar-refractivity contribution >= 4 is 11.6 Å². The molecule has 0 atom stereocenters. The van der Waals surface area contributed by atoms with Crippen LogP contribution in [0.1, 0.15) is 36.2 Å². The van der Waals surface area contributed by atoms with Crippen molar-refractivity contribution in [3.8, 4) is 5.75 Å². The molecular weight excluding hydrogens is 274 g/mol. The van der Waals surface area contributed by atoms with Crippen molar-refractivity contribution in [3.63, 3.8) is 0 Å². The van der Waals surface area contributed by atoms with E-state index in [1.807, 2.05) is 55.5 Å². The summed E-state index contributed by atoms with van der Waals surface area (Å²) in [5.74, 6) is 1.36.